The summed E-state index contributed by atoms with van der Waals surface area (Å²) >= 11 is 0. The van der Waals surface area contributed by atoms with Crippen LogP contribution in [0.5, 0.6) is 0 Å². The van der Waals surface area contributed by atoms with Gasteiger partial charge in [-0.1, -0.05) is 6.92 Å². The first-order chi connectivity index (χ1) is 7.01. The van der Waals surface area contributed by atoms with Crippen LogP contribution in [0.1, 0.15) is 18.4 Å². The van der Waals surface area contributed by atoms with Crippen molar-refractivity contribution in [2.45, 2.75) is 26.1 Å². The van der Waals surface area contributed by atoms with E-state index < -0.39 is 12.8 Å². The first kappa shape index (κ1) is 12.1. The third kappa shape index (κ3) is 4.85. The van der Waals surface area contributed by atoms with Gasteiger partial charge >= 0.3 is 6.18 Å². The topological polar surface area (TPSA) is 34.4 Å². The second kappa shape index (κ2) is 5.18. The van der Waals surface area contributed by atoms with Crippen molar-refractivity contribution in [2.24, 2.45) is 0 Å². The first-order valence-corrected chi connectivity index (χ1v) is 4.50. The molecule has 0 fully saturated rings. The fourth-order valence-corrected chi connectivity index (χ4v) is 0.962. The minimum Gasteiger partial charge on any atom is -0.465 e. The summed E-state index contributed by atoms with van der Waals surface area (Å²) in [5.74, 6) is 1.34. The lowest BCUT2D eigenvalue weighted by Crippen LogP contribution is -2.24. The SMILES string of the molecule is CCc1ccc(CNOCC(F)(F)F)o1. The predicted octanol–water partition coefficient (Wildman–Crippen LogP) is 2.43. The first-order valence-electron chi connectivity index (χ1n) is 4.50. The highest BCUT2D eigenvalue weighted by Crippen LogP contribution is 2.14. The van der Waals surface area contributed by atoms with Crippen LogP contribution in [0.25, 0.3) is 0 Å². The van der Waals surface area contributed by atoms with Crippen LogP contribution in [0, 0.1) is 0 Å². The fraction of sp³-hybridized carbons (Fsp3) is 0.556. The van der Waals surface area contributed by atoms with E-state index in [9.17, 15) is 13.2 Å². The molecule has 0 bridgehead atoms. The normalized spacial score (nSPS) is 12.0. The standard InChI is InChI=1S/C9H12F3NO2/c1-2-7-3-4-8(15-7)5-13-14-6-9(10,11)12/h3-4,13H,2,5-6H2,1H3. The monoisotopic (exact) mass is 223 g/mol. The summed E-state index contributed by atoms with van der Waals surface area (Å²) in [6.07, 6.45) is -3.56. The van der Waals surface area contributed by atoms with Gasteiger partial charge in [-0.2, -0.15) is 18.7 Å². The quantitative estimate of drug-likeness (QED) is 0.615. The van der Waals surface area contributed by atoms with Crippen LogP contribution in [0.15, 0.2) is 16.5 Å². The van der Waals surface area contributed by atoms with Gasteiger partial charge < -0.3 is 4.42 Å². The van der Waals surface area contributed by atoms with E-state index in [-0.39, 0.29) is 6.54 Å². The molecule has 0 atom stereocenters. The van der Waals surface area contributed by atoms with Crippen molar-refractivity contribution in [1.29, 1.82) is 0 Å². The van der Waals surface area contributed by atoms with Gasteiger partial charge in [0.15, 0.2) is 6.61 Å². The summed E-state index contributed by atoms with van der Waals surface area (Å²) in [5.41, 5.74) is 2.18. The molecule has 15 heavy (non-hydrogen) atoms. The maximum absolute atomic E-state index is 11.7. The zero-order valence-electron chi connectivity index (χ0n) is 8.23. The molecule has 0 unspecified atom stereocenters. The number of rotatable bonds is 5. The molecule has 0 saturated heterocycles. The number of aryl methyl sites for hydroxylation is 1. The van der Waals surface area contributed by atoms with Crippen molar-refractivity contribution in [2.75, 3.05) is 6.61 Å². The van der Waals surface area contributed by atoms with Gasteiger partial charge in [-0.15, -0.1) is 0 Å². The van der Waals surface area contributed by atoms with Gasteiger partial charge in [0.2, 0.25) is 0 Å². The Morgan fingerprint density at radius 3 is 2.53 bits per heavy atom. The van der Waals surface area contributed by atoms with Gasteiger partial charge in [0.25, 0.3) is 0 Å². The maximum Gasteiger partial charge on any atom is 0.413 e. The van der Waals surface area contributed by atoms with Crippen LogP contribution in [0.3, 0.4) is 0 Å². The average molecular weight is 223 g/mol. The molecule has 1 N–H and O–H groups in total. The fourth-order valence-electron chi connectivity index (χ4n) is 0.962. The third-order valence-electron chi connectivity index (χ3n) is 1.65. The summed E-state index contributed by atoms with van der Waals surface area (Å²) in [6.45, 7) is 0.737. The Labute approximate surface area is 85.2 Å². The number of nitrogens with one attached hydrogen (secondary N) is 1. The Morgan fingerprint density at radius 2 is 2.00 bits per heavy atom. The molecule has 0 spiro atoms. The maximum atomic E-state index is 11.7. The zero-order valence-corrected chi connectivity index (χ0v) is 8.23. The Kier molecular flexibility index (Phi) is 4.16. The molecule has 0 aliphatic rings. The van der Waals surface area contributed by atoms with Gasteiger partial charge in [-0.05, 0) is 12.1 Å². The highest BCUT2D eigenvalue weighted by Gasteiger charge is 2.27. The van der Waals surface area contributed by atoms with Crippen molar-refractivity contribution >= 4 is 0 Å². The molecule has 86 valence electrons. The number of halogens is 3. The van der Waals surface area contributed by atoms with Crippen LogP contribution in [-0.2, 0) is 17.8 Å². The lowest BCUT2D eigenvalue weighted by Gasteiger charge is -2.06. The number of hydroxylamine groups is 1. The Balaban J connectivity index is 2.20. The summed E-state index contributed by atoms with van der Waals surface area (Å²) in [5, 5.41) is 0. The molecule has 0 aliphatic carbocycles. The van der Waals surface area contributed by atoms with Crippen LogP contribution in [0.2, 0.25) is 0 Å². The molecular formula is C9H12F3NO2. The summed E-state index contributed by atoms with van der Waals surface area (Å²) in [7, 11) is 0. The van der Waals surface area contributed by atoms with E-state index in [1.54, 1.807) is 12.1 Å². The highest BCUT2D eigenvalue weighted by atomic mass is 19.4. The summed E-state index contributed by atoms with van der Waals surface area (Å²) < 4.78 is 40.2. The van der Waals surface area contributed by atoms with Gasteiger partial charge in [0.1, 0.15) is 11.5 Å². The van der Waals surface area contributed by atoms with E-state index in [2.05, 4.69) is 10.3 Å². The van der Waals surface area contributed by atoms with Crippen molar-refractivity contribution < 1.29 is 22.4 Å². The highest BCUT2D eigenvalue weighted by molar-refractivity contribution is 5.06. The Morgan fingerprint density at radius 1 is 1.33 bits per heavy atom. The average Bonchev–Trinajstić information content (AvgIpc) is 2.59. The van der Waals surface area contributed by atoms with Gasteiger partial charge in [0.05, 0.1) is 6.54 Å². The molecule has 6 heteroatoms. The lowest BCUT2D eigenvalue weighted by atomic mass is 10.4. The minimum absolute atomic E-state index is 0.121. The largest absolute Gasteiger partial charge is 0.465 e. The summed E-state index contributed by atoms with van der Waals surface area (Å²) in [4.78, 5) is 4.21. The van der Waals surface area contributed by atoms with Crippen LogP contribution >= 0.6 is 0 Å². The second-order valence-electron chi connectivity index (χ2n) is 2.95. The Bertz CT molecular complexity index is 296. The smallest absolute Gasteiger partial charge is 0.413 e. The number of alkyl halides is 3. The van der Waals surface area contributed by atoms with Crippen LogP contribution in [-0.4, -0.2) is 12.8 Å². The molecule has 3 nitrogen and oxygen atoms in total. The van der Waals surface area contributed by atoms with E-state index >= 15 is 0 Å². The van der Waals surface area contributed by atoms with Crippen molar-refractivity contribution in [1.82, 2.24) is 5.48 Å². The van der Waals surface area contributed by atoms with Crippen LogP contribution in [0.4, 0.5) is 13.2 Å². The molecular weight excluding hydrogens is 211 g/mol. The van der Waals surface area contributed by atoms with Crippen molar-refractivity contribution in [3.8, 4) is 0 Å². The molecule has 1 heterocycles. The van der Waals surface area contributed by atoms with E-state index in [4.69, 9.17) is 4.42 Å². The molecule has 1 aromatic heterocycles. The molecule has 1 aromatic rings. The van der Waals surface area contributed by atoms with E-state index in [0.717, 1.165) is 12.2 Å². The number of hydrogen-bond donors (Lipinski definition) is 1. The number of furan rings is 1. The molecule has 0 radical (unpaired) electrons. The molecule has 1 rings (SSSR count). The van der Waals surface area contributed by atoms with Crippen molar-refractivity contribution in [3.05, 3.63) is 23.7 Å². The Hall–Kier alpha value is -1.01. The molecule has 0 amide bonds. The molecule has 0 aliphatic heterocycles. The lowest BCUT2D eigenvalue weighted by molar-refractivity contribution is -0.190. The predicted molar refractivity (Wildman–Crippen MR) is 46.9 cm³/mol. The zero-order chi connectivity index (χ0) is 11.3. The van der Waals surface area contributed by atoms with E-state index in [0.29, 0.717) is 5.76 Å². The van der Waals surface area contributed by atoms with Gasteiger partial charge in [0, 0.05) is 6.42 Å². The molecule has 0 aromatic carbocycles. The van der Waals surface area contributed by atoms with Gasteiger partial charge in [-0.25, -0.2) is 0 Å². The molecule has 0 saturated carbocycles. The van der Waals surface area contributed by atoms with E-state index in [1.165, 1.54) is 0 Å². The third-order valence-corrected chi connectivity index (χ3v) is 1.65. The summed E-state index contributed by atoms with van der Waals surface area (Å²) in [6, 6.07) is 3.48. The van der Waals surface area contributed by atoms with Gasteiger partial charge in [-0.3, -0.25) is 4.84 Å². The van der Waals surface area contributed by atoms with Crippen LogP contribution < -0.4 is 5.48 Å². The minimum atomic E-state index is -4.31. The number of hydrogen-bond acceptors (Lipinski definition) is 3. The van der Waals surface area contributed by atoms with Crippen molar-refractivity contribution in [3.63, 3.8) is 0 Å². The van der Waals surface area contributed by atoms with E-state index in [1.807, 2.05) is 6.92 Å². The second-order valence-corrected chi connectivity index (χ2v) is 2.95.